The summed E-state index contributed by atoms with van der Waals surface area (Å²) in [5.74, 6) is -0.403. The average Bonchev–Trinajstić information content (AvgIpc) is 2.99. The number of amidine groups is 1. The van der Waals surface area contributed by atoms with Gasteiger partial charge in [-0.25, -0.2) is 18.8 Å². The van der Waals surface area contributed by atoms with Gasteiger partial charge in [0.1, 0.15) is 23.0 Å². The van der Waals surface area contributed by atoms with Crippen molar-refractivity contribution in [1.29, 1.82) is 0 Å². The van der Waals surface area contributed by atoms with E-state index in [1.807, 2.05) is 0 Å². The molecule has 1 aliphatic heterocycles. The van der Waals surface area contributed by atoms with E-state index in [1.54, 1.807) is 42.6 Å². The molecular formula is C20H14BrF2N3O. The lowest BCUT2D eigenvalue weighted by Crippen LogP contribution is -2.26. The van der Waals surface area contributed by atoms with E-state index >= 15 is 0 Å². The molecule has 7 heteroatoms. The predicted molar refractivity (Wildman–Crippen MR) is 102 cm³/mol. The molecule has 0 aliphatic carbocycles. The highest BCUT2D eigenvalue weighted by Gasteiger charge is 2.44. The Balaban J connectivity index is 2.10. The standard InChI is InChI=1S/C20H14BrF2N3O/c1-27-17-10-12(7-8-25-17)20(11-5-6-15(22)14(21)9-11)13-3-2-4-16(23)18(13)19(24)26-20/h2-10H,1H3,(H2,24,26). The molecular weight excluding hydrogens is 416 g/mol. The second kappa shape index (κ2) is 6.42. The fraction of sp³-hybridized carbons (Fsp3) is 0.100. The molecule has 1 unspecified atom stereocenters. The van der Waals surface area contributed by atoms with Gasteiger partial charge in [0.2, 0.25) is 5.88 Å². The van der Waals surface area contributed by atoms with Gasteiger partial charge in [-0.1, -0.05) is 18.2 Å². The number of halogens is 3. The zero-order valence-electron chi connectivity index (χ0n) is 14.2. The highest BCUT2D eigenvalue weighted by atomic mass is 79.9. The first-order chi connectivity index (χ1) is 13.0. The molecule has 1 atom stereocenters. The number of hydrogen-bond donors (Lipinski definition) is 1. The van der Waals surface area contributed by atoms with Gasteiger partial charge < -0.3 is 10.5 Å². The van der Waals surface area contributed by atoms with E-state index in [4.69, 9.17) is 10.5 Å². The number of fused-ring (bicyclic) bond motifs is 1. The van der Waals surface area contributed by atoms with Crippen molar-refractivity contribution in [3.05, 3.63) is 93.1 Å². The number of nitrogens with two attached hydrogens (primary N) is 1. The van der Waals surface area contributed by atoms with E-state index in [0.29, 0.717) is 22.6 Å². The first-order valence-corrected chi connectivity index (χ1v) is 8.87. The number of methoxy groups -OCH3 is 1. The topological polar surface area (TPSA) is 60.5 Å². The quantitative estimate of drug-likeness (QED) is 0.680. The van der Waals surface area contributed by atoms with Gasteiger partial charge in [0.15, 0.2) is 0 Å². The van der Waals surface area contributed by atoms with Gasteiger partial charge in [-0.3, -0.25) is 0 Å². The number of aliphatic imine (C=N–C) groups is 1. The minimum Gasteiger partial charge on any atom is -0.481 e. The summed E-state index contributed by atoms with van der Waals surface area (Å²) in [5, 5.41) is 0. The van der Waals surface area contributed by atoms with Crippen molar-refractivity contribution in [3.8, 4) is 5.88 Å². The Morgan fingerprint density at radius 1 is 1.04 bits per heavy atom. The molecule has 0 radical (unpaired) electrons. The smallest absolute Gasteiger partial charge is 0.213 e. The Morgan fingerprint density at radius 3 is 2.56 bits per heavy atom. The highest BCUT2D eigenvalue weighted by molar-refractivity contribution is 9.10. The van der Waals surface area contributed by atoms with E-state index in [9.17, 15) is 8.78 Å². The predicted octanol–water partition coefficient (Wildman–Crippen LogP) is 4.14. The van der Waals surface area contributed by atoms with Crippen molar-refractivity contribution in [2.24, 2.45) is 10.7 Å². The second-order valence-electron chi connectivity index (χ2n) is 6.09. The molecule has 2 aromatic carbocycles. The van der Waals surface area contributed by atoms with Gasteiger partial charge in [-0.2, -0.15) is 0 Å². The number of benzene rings is 2. The van der Waals surface area contributed by atoms with Crippen molar-refractivity contribution in [2.75, 3.05) is 7.11 Å². The van der Waals surface area contributed by atoms with Crippen molar-refractivity contribution in [2.45, 2.75) is 5.54 Å². The molecule has 0 fully saturated rings. The Labute approximate surface area is 162 Å². The van der Waals surface area contributed by atoms with Crippen molar-refractivity contribution in [3.63, 3.8) is 0 Å². The molecule has 27 heavy (non-hydrogen) atoms. The summed E-state index contributed by atoms with van der Waals surface area (Å²) >= 11 is 3.22. The number of ether oxygens (including phenoxy) is 1. The zero-order chi connectivity index (χ0) is 19.2. The lowest BCUT2D eigenvalue weighted by atomic mass is 9.78. The summed E-state index contributed by atoms with van der Waals surface area (Å²) in [7, 11) is 1.51. The molecule has 0 amide bonds. The largest absolute Gasteiger partial charge is 0.481 e. The lowest BCUT2D eigenvalue weighted by Gasteiger charge is -2.29. The van der Waals surface area contributed by atoms with Crippen molar-refractivity contribution >= 4 is 21.8 Å². The Morgan fingerprint density at radius 2 is 1.81 bits per heavy atom. The molecule has 1 aromatic heterocycles. The molecule has 0 spiro atoms. The Bertz CT molecular complexity index is 1090. The number of nitrogens with zero attached hydrogens (tertiary/aromatic N) is 2. The van der Waals surface area contributed by atoms with Crippen LogP contribution >= 0.6 is 15.9 Å². The fourth-order valence-electron chi connectivity index (χ4n) is 3.46. The van der Waals surface area contributed by atoms with Crippen LogP contribution in [0.1, 0.15) is 22.3 Å². The van der Waals surface area contributed by atoms with Gasteiger partial charge >= 0.3 is 0 Å². The molecule has 0 bridgehead atoms. The Kier molecular flexibility index (Phi) is 4.19. The molecule has 4 nitrogen and oxygen atoms in total. The minimum atomic E-state index is -1.14. The van der Waals surface area contributed by atoms with Gasteiger partial charge in [0.05, 0.1) is 17.1 Å². The van der Waals surface area contributed by atoms with E-state index in [1.165, 1.54) is 19.2 Å². The first-order valence-electron chi connectivity index (χ1n) is 8.08. The summed E-state index contributed by atoms with van der Waals surface area (Å²) in [6, 6.07) is 12.8. The molecule has 1 aliphatic rings. The highest BCUT2D eigenvalue weighted by Crippen LogP contribution is 2.47. The number of pyridine rings is 1. The monoisotopic (exact) mass is 429 g/mol. The molecule has 0 saturated heterocycles. The first kappa shape index (κ1) is 17.6. The van der Waals surface area contributed by atoms with Gasteiger partial charge in [0.25, 0.3) is 0 Å². The number of aromatic nitrogens is 1. The minimum absolute atomic E-state index is 0.0827. The molecule has 0 saturated carbocycles. The van der Waals surface area contributed by atoms with Crippen LogP contribution in [0, 0.1) is 11.6 Å². The van der Waals surface area contributed by atoms with E-state index in [0.717, 1.165) is 0 Å². The van der Waals surface area contributed by atoms with Crippen molar-refractivity contribution < 1.29 is 13.5 Å². The third-order valence-corrected chi connectivity index (χ3v) is 5.25. The molecule has 4 rings (SSSR count). The summed E-state index contributed by atoms with van der Waals surface area (Å²) in [6.45, 7) is 0. The fourth-order valence-corrected chi connectivity index (χ4v) is 3.84. The summed E-state index contributed by atoms with van der Waals surface area (Å²) < 4.78 is 33.9. The van der Waals surface area contributed by atoms with Gasteiger partial charge in [-0.15, -0.1) is 0 Å². The third-order valence-electron chi connectivity index (χ3n) is 4.65. The van der Waals surface area contributed by atoms with Gasteiger partial charge in [0, 0.05) is 17.8 Å². The van der Waals surface area contributed by atoms with E-state index in [2.05, 4.69) is 25.9 Å². The van der Waals surface area contributed by atoms with Crippen LogP contribution in [0.2, 0.25) is 0 Å². The SMILES string of the molecule is COc1cc(C2(c3ccc(F)c(Br)c3)N=C(N)c3c(F)cccc32)ccn1. The van der Waals surface area contributed by atoms with Crippen LogP contribution in [0.4, 0.5) is 8.78 Å². The van der Waals surface area contributed by atoms with E-state index in [-0.39, 0.29) is 15.9 Å². The second-order valence-corrected chi connectivity index (χ2v) is 6.94. The van der Waals surface area contributed by atoms with Crippen LogP contribution in [0.15, 0.2) is 64.2 Å². The summed E-state index contributed by atoms with van der Waals surface area (Å²) in [5.41, 5.74) is 7.10. The molecule has 2 heterocycles. The van der Waals surface area contributed by atoms with Gasteiger partial charge in [-0.05, 0) is 51.3 Å². The van der Waals surface area contributed by atoms with Crippen LogP contribution in [0.3, 0.4) is 0 Å². The van der Waals surface area contributed by atoms with Crippen LogP contribution in [0.5, 0.6) is 5.88 Å². The maximum absolute atomic E-state index is 14.5. The average molecular weight is 430 g/mol. The molecule has 136 valence electrons. The van der Waals surface area contributed by atoms with E-state index < -0.39 is 17.2 Å². The third kappa shape index (κ3) is 2.61. The molecule has 3 aromatic rings. The summed E-state index contributed by atoms with van der Waals surface area (Å²) in [4.78, 5) is 8.80. The zero-order valence-corrected chi connectivity index (χ0v) is 15.8. The molecule has 2 N–H and O–H groups in total. The lowest BCUT2D eigenvalue weighted by molar-refractivity contribution is 0.396. The Hall–Kier alpha value is -2.80. The van der Waals surface area contributed by atoms with Crippen molar-refractivity contribution in [1.82, 2.24) is 4.98 Å². The van der Waals surface area contributed by atoms with Crippen LogP contribution in [0.25, 0.3) is 0 Å². The number of hydrogen-bond acceptors (Lipinski definition) is 4. The van der Waals surface area contributed by atoms with Crippen LogP contribution < -0.4 is 10.5 Å². The summed E-state index contributed by atoms with van der Waals surface area (Å²) in [6.07, 6.45) is 1.58. The maximum atomic E-state index is 14.5. The van der Waals surface area contributed by atoms with Crippen LogP contribution in [-0.4, -0.2) is 17.9 Å². The maximum Gasteiger partial charge on any atom is 0.213 e. The van der Waals surface area contributed by atoms with Crippen LogP contribution in [-0.2, 0) is 5.54 Å². The number of rotatable bonds is 3. The normalized spacial score (nSPS) is 18.1.